The number of urea groups is 1. The van der Waals surface area contributed by atoms with E-state index in [9.17, 15) is 4.79 Å². The molecule has 2 amide bonds. The van der Waals surface area contributed by atoms with E-state index < -0.39 is 0 Å². The van der Waals surface area contributed by atoms with E-state index in [0.717, 1.165) is 57.9 Å². The Balaban J connectivity index is 1.40. The third kappa shape index (κ3) is 5.13. The van der Waals surface area contributed by atoms with Crippen LogP contribution in [0.2, 0.25) is 0 Å². The Bertz CT molecular complexity index is 867. The Morgan fingerprint density at radius 1 is 1.03 bits per heavy atom. The summed E-state index contributed by atoms with van der Waals surface area (Å²) >= 11 is 0. The Morgan fingerprint density at radius 3 is 2.55 bits per heavy atom. The number of ether oxygens (including phenoxy) is 1. The zero-order chi connectivity index (χ0) is 21.6. The van der Waals surface area contributed by atoms with Crippen molar-refractivity contribution >= 4 is 17.4 Å². The van der Waals surface area contributed by atoms with Crippen LogP contribution in [0.1, 0.15) is 24.5 Å². The van der Waals surface area contributed by atoms with Crippen molar-refractivity contribution < 1.29 is 9.53 Å². The van der Waals surface area contributed by atoms with Crippen molar-refractivity contribution in [3.63, 3.8) is 0 Å². The third-order valence-electron chi connectivity index (χ3n) is 6.36. The molecule has 166 valence electrons. The van der Waals surface area contributed by atoms with Crippen LogP contribution >= 0.6 is 0 Å². The highest BCUT2D eigenvalue weighted by Gasteiger charge is 2.29. The van der Waals surface area contributed by atoms with E-state index in [1.165, 1.54) is 16.9 Å². The van der Waals surface area contributed by atoms with Crippen LogP contribution < -0.4 is 15.1 Å². The summed E-state index contributed by atoms with van der Waals surface area (Å²) in [6, 6.07) is 17.2. The highest BCUT2D eigenvalue weighted by molar-refractivity contribution is 5.75. The molecule has 2 aromatic carbocycles. The highest BCUT2D eigenvalue weighted by Crippen LogP contribution is 2.24. The smallest absolute Gasteiger partial charge is 0.318 e. The van der Waals surface area contributed by atoms with Crippen LogP contribution in [0.25, 0.3) is 0 Å². The summed E-state index contributed by atoms with van der Waals surface area (Å²) in [5, 5.41) is 3.20. The second-order valence-corrected chi connectivity index (χ2v) is 8.43. The largest absolute Gasteiger partial charge is 0.378 e. The van der Waals surface area contributed by atoms with E-state index in [0.29, 0.717) is 6.54 Å². The number of hydrogen-bond acceptors (Lipinski definition) is 4. The minimum atomic E-state index is 0.0352. The van der Waals surface area contributed by atoms with E-state index in [-0.39, 0.29) is 12.1 Å². The number of morpholine rings is 1. The fourth-order valence-corrected chi connectivity index (χ4v) is 4.54. The maximum atomic E-state index is 13.1. The Labute approximate surface area is 185 Å². The summed E-state index contributed by atoms with van der Waals surface area (Å²) in [7, 11) is 0. The Morgan fingerprint density at radius 2 is 1.81 bits per heavy atom. The predicted octanol–water partition coefficient (Wildman–Crippen LogP) is 3.64. The summed E-state index contributed by atoms with van der Waals surface area (Å²) in [5.41, 5.74) is 4.84. The van der Waals surface area contributed by atoms with Gasteiger partial charge >= 0.3 is 6.03 Å². The molecule has 2 aliphatic heterocycles. The molecule has 0 radical (unpaired) electrons. The molecule has 0 saturated carbocycles. The van der Waals surface area contributed by atoms with Gasteiger partial charge in [0.2, 0.25) is 0 Å². The summed E-state index contributed by atoms with van der Waals surface area (Å²) in [5.74, 6) is 0. The van der Waals surface area contributed by atoms with Gasteiger partial charge in [0, 0.05) is 50.6 Å². The number of rotatable bonds is 5. The van der Waals surface area contributed by atoms with Gasteiger partial charge in [-0.05, 0) is 42.7 Å². The lowest BCUT2D eigenvalue weighted by molar-refractivity contribution is 0.122. The number of benzene rings is 2. The molecule has 2 saturated heterocycles. The van der Waals surface area contributed by atoms with Gasteiger partial charge < -0.3 is 24.8 Å². The van der Waals surface area contributed by atoms with Crippen LogP contribution in [0.15, 0.2) is 48.5 Å². The molecule has 2 fully saturated rings. The van der Waals surface area contributed by atoms with Gasteiger partial charge in [0.15, 0.2) is 0 Å². The van der Waals surface area contributed by atoms with Crippen LogP contribution in [-0.4, -0.2) is 62.9 Å². The first-order chi connectivity index (χ1) is 15.2. The molecule has 4 rings (SSSR count). The number of nitrogens with one attached hydrogen (secondary N) is 1. The third-order valence-corrected chi connectivity index (χ3v) is 6.36. The molecular formula is C25H34N4O2. The standard InChI is InChI=1S/C25H34N4O2/c1-3-22-19-28(23-7-5-4-6-8-23)11-12-29(22)25(30)26-18-21-10-9-20(2)17-24(21)27-13-15-31-16-14-27/h4-10,17,22H,3,11-16,18-19H2,1-2H3,(H,26,30). The fourth-order valence-electron chi connectivity index (χ4n) is 4.54. The molecule has 2 aliphatic rings. The number of para-hydroxylation sites is 1. The van der Waals surface area contributed by atoms with Gasteiger partial charge in [0.1, 0.15) is 0 Å². The number of anilines is 2. The lowest BCUT2D eigenvalue weighted by atomic mass is 10.1. The van der Waals surface area contributed by atoms with E-state index in [1.54, 1.807) is 0 Å². The lowest BCUT2D eigenvalue weighted by Gasteiger charge is -2.42. The second kappa shape index (κ2) is 10.1. The van der Waals surface area contributed by atoms with Crippen molar-refractivity contribution in [2.24, 2.45) is 0 Å². The molecule has 6 heteroatoms. The normalized spacial score (nSPS) is 19.4. The van der Waals surface area contributed by atoms with E-state index in [1.807, 2.05) is 11.0 Å². The first kappa shape index (κ1) is 21.5. The summed E-state index contributed by atoms with van der Waals surface area (Å²) in [6.07, 6.45) is 0.945. The monoisotopic (exact) mass is 422 g/mol. The quantitative estimate of drug-likeness (QED) is 0.799. The van der Waals surface area contributed by atoms with E-state index in [2.05, 4.69) is 71.4 Å². The first-order valence-corrected chi connectivity index (χ1v) is 11.4. The molecule has 0 aromatic heterocycles. The average Bonchev–Trinajstić information content (AvgIpc) is 2.83. The molecule has 1 unspecified atom stereocenters. The minimum absolute atomic E-state index is 0.0352. The van der Waals surface area contributed by atoms with Gasteiger partial charge in [-0.15, -0.1) is 0 Å². The van der Waals surface area contributed by atoms with Gasteiger partial charge in [-0.2, -0.15) is 0 Å². The van der Waals surface area contributed by atoms with Gasteiger partial charge in [0.05, 0.1) is 19.3 Å². The van der Waals surface area contributed by atoms with Crippen molar-refractivity contribution in [1.82, 2.24) is 10.2 Å². The minimum Gasteiger partial charge on any atom is -0.378 e. The number of piperazine rings is 1. The van der Waals surface area contributed by atoms with E-state index in [4.69, 9.17) is 4.74 Å². The first-order valence-electron chi connectivity index (χ1n) is 11.4. The van der Waals surface area contributed by atoms with Gasteiger partial charge in [-0.3, -0.25) is 0 Å². The number of amides is 2. The van der Waals surface area contributed by atoms with Crippen LogP contribution in [0.4, 0.5) is 16.2 Å². The van der Waals surface area contributed by atoms with Crippen molar-refractivity contribution in [3.8, 4) is 0 Å². The summed E-state index contributed by atoms with van der Waals surface area (Å²) in [6.45, 7) is 10.6. The molecule has 6 nitrogen and oxygen atoms in total. The lowest BCUT2D eigenvalue weighted by Crippen LogP contribution is -2.57. The number of nitrogens with zero attached hydrogens (tertiary/aromatic N) is 3. The molecular weight excluding hydrogens is 388 g/mol. The Kier molecular flexibility index (Phi) is 6.97. The topological polar surface area (TPSA) is 48.0 Å². The molecule has 0 spiro atoms. The average molecular weight is 423 g/mol. The maximum absolute atomic E-state index is 13.1. The molecule has 2 heterocycles. The second-order valence-electron chi connectivity index (χ2n) is 8.43. The number of hydrogen-bond donors (Lipinski definition) is 1. The molecule has 1 atom stereocenters. The van der Waals surface area contributed by atoms with Gasteiger partial charge in [-0.1, -0.05) is 37.3 Å². The zero-order valence-corrected chi connectivity index (χ0v) is 18.7. The molecule has 0 bridgehead atoms. The van der Waals surface area contributed by atoms with Crippen LogP contribution in [0.5, 0.6) is 0 Å². The number of carbonyl (C=O) groups is 1. The van der Waals surface area contributed by atoms with Crippen LogP contribution in [-0.2, 0) is 11.3 Å². The van der Waals surface area contributed by atoms with Crippen LogP contribution in [0.3, 0.4) is 0 Å². The SMILES string of the molecule is CCC1CN(c2ccccc2)CCN1C(=O)NCc1ccc(C)cc1N1CCOCC1. The molecule has 1 N–H and O–H groups in total. The van der Waals surface area contributed by atoms with E-state index >= 15 is 0 Å². The number of carbonyl (C=O) groups excluding carboxylic acids is 1. The number of aryl methyl sites for hydroxylation is 1. The summed E-state index contributed by atoms with van der Waals surface area (Å²) < 4.78 is 5.51. The van der Waals surface area contributed by atoms with Crippen molar-refractivity contribution in [1.29, 1.82) is 0 Å². The zero-order valence-electron chi connectivity index (χ0n) is 18.7. The van der Waals surface area contributed by atoms with Crippen molar-refractivity contribution in [2.45, 2.75) is 32.9 Å². The molecule has 2 aromatic rings. The Hall–Kier alpha value is -2.73. The van der Waals surface area contributed by atoms with Gasteiger partial charge in [-0.25, -0.2) is 4.79 Å². The van der Waals surface area contributed by atoms with Gasteiger partial charge in [0.25, 0.3) is 0 Å². The summed E-state index contributed by atoms with van der Waals surface area (Å²) in [4.78, 5) is 19.9. The predicted molar refractivity (Wildman–Crippen MR) is 126 cm³/mol. The molecule has 0 aliphatic carbocycles. The molecule has 31 heavy (non-hydrogen) atoms. The van der Waals surface area contributed by atoms with Crippen LogP contribution in [0, 0.1) is 6.92 Å². The fraction of sp³-hybridized carbons (Fsp3) is 0.480. The van der Waals surface area contributed by atoms with Crippen molar-refractivity contribution in [3.05, 3.63) is 59.7 Å². The maximum Gasteiger partial charge on any atom is 0.318 e. The van der Waals surface area contributed by atoms with Crippen molar-refractivity contribution in [2.75, 3.05) is 55.7 Å². The highest BCUT2D eigenvalue weighted by atomic mass is 16.5.